The number of carbonyl (C=O) groups is 2. The van der Waals surface area contributed by atoms with Gasteiger partial charge in [-0.25, -0.2) is 9.50 Å². The number of nitrogens with one attached hydrogen (secondary N) is 1. The zero-order valence-electron chi connectivity index (χ0n) is 14.0. The molecule has 4 rings (SSSR count). The highest BCUT2D eigenvalue weighted by atomic mass is 16.5. The minimum atomic E-state index is -0.426. The van der Waals surface area contributed by atoms with Crippen molar-refractivity contribution in [2.24, 2.45) is 0 Å². The predicted molar refractivity (Wildman–Crippen MR) is 92.0 cm³/mol. The lowest BCUT2D eigenvalue weighted by molar-refractivity contribution is -0.117. The molecule has 0 aliphatic carbocycles. The van der Waals surface area contributed by atoms with Crippen LogP contribution in [0.4, 0.5) is 5.69 Å². The van der Waals surface area contributed by atoms with Crippen LogP contribution in [-0.4, -0.2) is 51.1 Å². The van der Waals surface area contributed by atoms with Crippen LogP contribution in [0.5, 0.6) is 5.75 Å². The Morgan fingerprint density at radius 1 is 1.31 bits per heavy atom. The van der Waals surface area contributed by atoms with E-state index in [2.05, 4.69) is 20.4 Å². The van der Waals surface area contributed by atoms with Gasteiger partial charge in [0.1, 0.15) is 5.75 Å². The molecule has 1 aromatic carbocycles. The summed E-state index contributed by atoms with van der Waals surface area (Å²) in [6.07, 6.45) is 3.47. The van der Waals surface area contributed by atoms with E-state index in [-0.39, 0.29) is 24.2 Å². The molecule has 0 radical (unpaired) electrons. The van der Waals surface area contributed by atoms with Gasteiger partial charge in [0.05, 0.1) is 13.2 Å². The molecule has 1 fully saturated rings. The number of carbonyl (C=O) groups excluding carboxylic acids is 2. The molecule has 1 saturated heterocycles. The molecule has 9 nitrogen and oxygen atoms in total. The number of hydrogen-bond donors (Lipinski definition) is 1. The van der Waals surface area contributed by atoms with Crippen molar-refractivity contribution in [1.82, 2.24) is 24.9 Å². The Kier molecular flexibility index (Phi) is 3.96. The van der Waals surface area contributed by atoms with Gasteiger partial charge in [0, 0.05) is 31.0 Å². The summed E-state index contributed by atoms with van der Waals surface area (Å²) in [5.41, 5.74) is 0.766. The minimum absolute atomic E-state index is 0.0269. The Hall–Kier alpha value is -3.49. The quantitative estimate of drug-likeness (QED) is 0.740. The van der Waals surface area contributed by atoms with E-state index in [4.69, 9.17) is 4.74 Å². The molecule has 1 aliphatic heterocycles. The van der Waals surface area contributed by atoms with Gasteiger partial charge in [-0.2, -0.15) is 4.98 Å². The summed E-state index contributed by atoms with van der Waals surface area (Å²) in [4.78, 5) is 34.4. The summed E-state index contributed by atoms with van der Waals surface area (Å²) < 4.78 is 6.55. The number of methoxy groups -OCH3 is 1. The van der Waals surface area contributed by atoms with Crippen molar-refractivity contribution >= 4 is 23.3 Å². The molecular weight excluding hydrogens is 336 g/mol. The van der Waals surface area contributed by atoms with Crippen molar-refractivity contribution in [3.05, 3.63) is 48.5 Å². The van der Waals surface area contributed by atoms with Crippen LogP contribution in [0.3, 0.4) is 0 Å². The number of ether oxygens (including phenoxy) is 1. The molecule has 1 unspecified atom stereocenters. The number of anilines is 1. The maximum Gasteiger partial charge on any atom is 0.291 e. The highest BCUT2D eigenvalue weighted by Crippen LogP contribution is 2.24. The predicted octanol–water partition coefficient (Wildman–Crippen LogP) is 0.668. The summed E-state index contributed by atoms with van der Waals surface area (Å²) in [6.45, 7) is 0.391. The van der Waals surface area contributed by atoms with E-state index in [0.717, 1.165) is 11.4 Å². The van der Waals surface area contributed by atoms with Gasteiger partial charge in [-0.05, 0) is 30.3 Å². The number of nitrogens with zero attached hydrogens (tertiary/aromatic N) is 5. The molecule has 132 valence electrons. The Labute approximate surface area is 148 Å². The highest BCUT2D eigenvalue weighted by Gasteiger charge is 2.32. The van der Waals surface area contributed by atoms with Crippen LogP contribution in [0.1, 0.15) is 17.0 Å². The summed E-state index contributed by atoms with van der Waals surface area (Å²) in [5, 5.41) is 6.91. The highest BCUT2D eigenvalue weighted by molar-refractivity contribution is 5.98. The molecule has 2 amide bonds. The van der Waals surface area contributed by atoms with Crippen LogP contribution in [0.2, 0.25) is 0 Å². The first-order chi connectivity index (χ1) is 12.6. The molecule has 1 aliphatic rings. The molecule has 1 atom stereocenters. The summed E-state index contributed by atoms with van der Waals surface area (Å²) in [5.74, 6) is 0.616. The van der Waals surface area contributed by atoms with Crippen molar-refractivity contribution in [2.75, 3.05) is 18.6 Å². The Bertz CT molecular complexity index is 935. The molecular formula is C17H16N6O3. The van der Waals surface area contributed by atoms with E-state index in [0.29, 0.717) is 12.3 Å². The summed E-state index contributed by atoms with van der Waals surface area (Å²) in [7, 11) is 1.59. The van der Waals surface area contributed by atoms with Gasteiger partial charge in [0.15, 0.2) is 0 Å². The molecule has 3 heterocycles. The first-order valence-corrected chi connectivity index (χ1v) is 8.07. The summed E-state index contributed by atoms with van der Waals surface area (Å²) in [6, 6.07) is 8.61. The van der Waals surface area contributed by atoms with Crippen LogP contribution >= 0.6 is 0 Å². The average molecular weight is 352 g/mol. The SMILES string of the molecule is COc1ccc(N2CC(NC(=O)c3nc4ncccn4n3)CC2=O)cc1. The van der Waals surface area contributed by atoms with E-state index in [1.54, 1.807) is 42.6 Å². The first kappa shape index (κ1) is 16.0. The van der Waals surface area contributed by atoms with E-state index >= 15 is 0 Å². The van der Waals surface area contributed by atoms with E-state index in [1.165, 1.54) is 4.52 Å². The van der Waals surface area contributed by atoms with Gasteiger partial charge >= 0.3 is 0 Å². The fourth-order valence-corrected chi connectivity index (χ4v) is 2.89. The zero-order valence-corrected chi connectivity index (χ0v) is 14.0. The lowest BCUT2D eigenvalue weighted by Gasteiger charge is -2.17. The molecule has 9 heteroatoms. The topological polar surface area (TPSA) is 102 Å². The zero-order chi connectivity index (χ0) is 18.1. The number of rotatable bonds is 4. The normalized spacial score (nSPS) is 16.9. The van der Waals surface area contributed by atoms with Crippen molar-refractivity contribution in [3.8, 4) is 5.75 Å². The van der Waals surface area contributed by atoms with E-state index < -0.39 is 5.91 Å². The first-order valence-electron chi connectivity index (χ1n) is 8.07. The van der Waals surface area contributed by atoms with Gasteiger partial charge in [-0.3, -0.25) is 9.59 Å². The monoisotopic (exact) mass is 352 g/mol. The fourth-order valence-electron chi connectivity index (χ4n) is 2.89. The molecule has 0 saturated carbocycles. The third-order valence-corrected chi connectivity index (χ3v) is 4.16. The van der Waals surface area contributed by atoms with Gasteiger partial charge in [0.2, 0.25) is 11.7 Å². The van der Waals surface area contributed by atoms with Gasteiger partial charge < -0.3 is 15.0 Å². The van der Waals surface area contributed by atoms with Gasteiger partial charge in [-0.15, -0.1) is 5.10 Å². The van der Waals surface area contributed by atoms with E-state index in [9.17, 15) is 9.59 Å². The van der Waals surface area contributed by atoms with Crippen molar-refractivity contribution in [3.63, 3.8) is 0 Å². The van der Waals surface area contributed by atoms with Crippen LogP contribution in [0.25, 0.3) is 5.78 Å². The number of amides is 2. The molecule has 0 bridgehead atoms. The second kappa shape index (κ2) is 6.43. The lowest BCUT2D eigenvalue weighted by Crippen LogP contribution is -2.37. The second-order valence-electron chi connectivity index (χ2n) is 5.88. The minimum Gasteiger partial charge on any atom is -0.497 e. The third kappa shape index (κ3) is 2.94. The Balaban J connectivity index is 1.45. The van der Waals surface area contributed by atoms with Crippen molar-refractivity contribution in [1.29, 1.82) is 0 Å². The second-order valence-corrected chi connectivity index (χ2v) is 5.88. The lowest BCUT2D eigenvalue weighted by atomic mass is 10.2. The smallest absolute Gasteiger partial charge is 0.291 e. The van der Waals surface area contributed by atoms with Gasteiger partial charge in [-0.1, -0.05) is 0 Å². The average Bonchev–Trinajstić information content (AvgIpc) is 3.25. The van der Waals surface area contributed by atoms with E-state index in [1.807, 2.05) is 12.1 Å². The largest absolute Gasteiger partial charge is 0.497 e. The standard InChI is InChI=1S/C17H16N6O3/c1-26-13-5-3-12(4-6-13)22-10-11(9-14(22)24)19-16(25)15-20-17-18-7-2-8-23(17)21-15/h2-8,11H,9-10H2,1H3,(H,19,25). The van der Waals surface area contributed by atoms with Crippen molar-refractivity contribution < 1.29 is 14.3 Å². The number of fused-ring (bicyclic) bond motifs is 1. The Morgan fingerprint density at radius 3 is 2.85 bits per heavy atom. The van der Waals surface area contributed by atoms with Crippen molar-refractivity contribution in [2.45, 2.75) is 12.5 Å². The Morgan fingerprint density at radius 2 is 2.12 bits per heavy atom. The third-order valence-electron chi connectivity index (χ3n) is 4.16. The molecule has 1 N–H and O–H groups in total. The van der Waals surface area contributed by atoms with Crippen LogP contribution < -0.4 is 15.0 Å². The number of aromatic nitrogens is 4. The van der Waals surface area contributed by atoms with Crippen LogP contribution in [0.15, 0.2) is 42.7 Å². The number of hydrogen-bond acceptors (Lipinski definition) is 6. The maximum absolute atomic E-state index is 12.4. The molecule has 2 aromatic heterocycles. The molecule has 26 heavy (non-hydrogen) atoms. The van der Waals surface area contributed by atoms with Gasteiger partial charge in [0.25, 0.3) is 11.7 Å². The fraction of sp³-hybridized carbons (Fsp3) is 0.235. The molecule has 0 spiro atoms. The van der Waals surface area contributed by atoms with Crippen LogP contribution in [-0.2, 0) is 4.79 Å². The summed E-state index contributed by atoms with van der Waals surface area (Å²) >= 11 is 0. The van der Waals surface area contributed by atoms with Crippen LogP contribution in [0, 0.1) is 0 Å². The maximum atomic E-state index is 12.4. The number of benzene rings is 1. The molecule has 3 aromatic rings.